The lowest BCUT2D eigenvalue weighted by Gasteiger charge is -1.98. The van der Waals surface area contributed by atoms with Crippen molar-refractivity contribution in [3.8, 4) is 11.5 Å². The van der Waals surface area contributed by atoms with Crippen molar-refractivity contribution in [2.75, 3.05) is 11.5 Å². The summed E-state index contributed by atoms with van der Waals surface area (Å²) in [5.41, 5.74) is 4.91. The van der Waals surface area contributed by atoms with E-state index in [0.29, 0.717) is 5.75 Å². The van der Waals surface area contributed by atoms with Crippen molar-refractivity contribution in [2.45, 2.75) is 6.92 Å². The fourth-order valence-corrected chi connectivity index (χ4v) is 2.47. The van der Waals surface area contributed by atoms with Crippen LogP contribution in [-0.2, 0) is 4.57 Å². The van der Waals surface area contributed by atoms with Gasteiger partial charge in [-0.1, -0.05) is 18.7 Å². The van der Waals surface area contributed by atoms with Crippen molar-refractivity contribution >= 4 is 36.0 Å². The Morgan fingerprint density at radius 1 is 1.45 bits per heavy atom. The van der Waals surface area contributed by atoms with Crippen LogP contribution in [-0.4, -0.2) is 25.6 Å². The molecule has 0 spiro atoms. The third-order valence-electron chi connectivity index (χ3n) is 2.22. The van der Waals surface area contributed by atoms with E-state index in [4.69, 9.17) is 24.4 Å². The van der Waals surface area contributed by atoms with Gasteiger partial charge in [0.2, 0.25) is 11.3 Å². The minimum atomic E-state index is -4.51. The molecule has 0 bridgehead atoms. The molecular weight excluding hydrogens is 307 g/mol. The number of oxazole rings is 1. The molecule has 0 aliphatic heterocycles. The minimum absolute atomic E-state index is 0.00354. The van der Waals surface area contributed by atoms with Crippen LogP contribution in [0.3, 0.4) is 0 Å². The Labute approximate surface area is 117 Å². The first kappa shape index (κ1) is 14.9. The monoisotopic (exact) mass is 318 g/mol. The maximum atomic E-state index is 11.8. The standard InChI is InChI=1S/C10H11N2O6PS/c1-2-20-9(13)8-7(12-10(11)18-8)5-3-4-6(17-5)19(14,15)16/h3-4H,2H2,1H3,(H2,11,12)(H2,14,15,16). The smallest absolute Gasteiger partial charge is 0.391 e. The Morgan fingerprint density at radius 2 is 2.15 bits per heavy atom. The number of anilines is 1. The molecule has 0 saturated heterocycles. The Balaban J connectivity index is 2.45. The normalized spacial score (nSPS) is 11.8. The van der Waals surface area contributed by atoms with Crippen molar-refractivity contribution in [2.24, 2.45) is 0 Å². The van der Waals surface area contributed by atoms with E-state index in [1.807, 2.05) is 0 Å². The maximum Gasteiger partial charge on any atom is 0.391 e. The molecule has 0 atom stereocenters. The Kier molecular flexibility index (Phi) is 4.05. The molecule has 20 heavy (non-hydrogen) atoms. The van der Waals surface area contributed by atoms with Crippen LogP contribution < -0.4 is 11.2 Å². The number of nitrogens with zero attached hydrogens (tertiary/aromatic N) is 1. The number of thioether (sulfide) groups is 1. The summed E-state index contributed by atoms with van der Waals surface area (Å²) < 4.78 is 21.1. The number of hydrogen-bond donors (Lipinski definition) is 3. The lowest BCUT2D eigenvalue weighted by atomic mass is 10.3. The summed E-state index contributed by atoms with van der Waals surface area (Å²) in [5, 5.41) is -0.388. The average molecular weight is 318 g/mol. The van der Waals surface area contributed by atoms with Gasteiger partial charge in [0.05, 0.1) is 0 Å². The molecule has 0 saturated carbocycles. The predicted octanol–water partition coefficient (Wildman–Crippen LogP) is 1.21. The number of hydrogen-bond acceptors (Lipinski definition) is 7. The van der Waals surface area contributed by atoms with Gasteiger partial charge in [0.25, 0.3) is 11.1 Å². The largest absolute Gasteiger partial charge is 0.446 e. The second-order valence-corrected chi connectivity index (χ2v) is 6.40. The van der Waals surface area contributed by atoms with Crippen molar-refractivity contribution in [1.29, 1.82) is 0 Å². The fraction of sp³-hybridized carbons (Fsp3) is 0.200. The zero-order valence-electron chi connectivity index (χ0n) is 10.3. The molecule has 4 N–H and O–H groups in total. The molecule has 0 unspecified atom stereocenters. The van der Waals surface area contributed by atoms with E-state index >= 15 is 0 Å². The van der Waals surface area contributed by atoms with Gasteiger partial charge in [-0.3, -0.25) is 9.36 Å². The molecule has 0 amide bonds. The van der Waals surface area contributed by atoms with Crippen LogP contribution in [0.1, 0.15) is 17.5 Å². The Morgan fingerprint density at radius 3 is 2.70 bits per heavy atom. The van der Waals surface area contributed by atoms with E-state index in [2.05, 4.69) is 4.98 Å². The van der Waals surface area contributed by atoms with Crippen LogP contribution in [0.2, 0.25) is 0 Å². The molecule has 8 nitrogen and oxygen atoms in total. The van der Waals surface area contributed by atoms with Crippen molar-refractivity contribution in [1.82, 2.24) is 4.98 Å². The third-order valence-corrected chi connectivity index (χ3v) is 3.77. The van der Waals surface area contributed by atoms with Crippen molar-refractivity contribution < 1.29 is 28.0 Å². The highest BCUT2D eigenvalue weighted by Crippen LogP contribution is 2.36. The molecular formula is C10H11N2O6PS. The maximum absolute atomic E-state index is 11.8. The summed E-state index contributed by atoms with van der Waals surface area (Å²) in [4.78, 5) is 33.6. The number of nitrogens with two attached hydrogens (primary N) is 1. The van der Waals surface area contributed by atoms with Gasteiger partial charge in [-0.2, -0.15) is 4.98 Å². The summed E-state index contributed by atoms with van der Waals surface area (Å²) in [6, 6.07) is 2.18. The summed E-state index contributed by atoms with van der Waals surface area (Å²) in [5.74, 6) is 0.426. The number of rotatable bonds is 4. The number of carbonyl (C=O) groups excluding carboxylic acids is 1. The van der Waals surface area contributed by atoms with Gasteiger partial charge < -0.3 is 24.4 Å². The van der Waals surface area contributed by atoms with E-state index in [1.165, 1.54) is 6.07 Å². The molecule has 0 aliphatic rings. The van der Waals surface area contributed by atoms with E-state index in [0.717, 1.165) is 17.8 Å². The highest BCUT2D eigenvalue weighted by molar-refractivity contribution is 8.14. The molecule has 2 heterocycles. The van der Waals surface area contributed by atoms with Crippen LogP contribution in [0.4, 0.5) is 6.01 Å². The summed E-state index contributed by atoms with van der Waals surface area (Å²) in [6.07, 6.45) is 0. The second-order valence-electron chi connectivity index (χ2n) is 3.63. The summed E-state index contributed by atoms with van der Waals surface area (Å²) in [7, 11) is -4.51. The first-order chi connectivity index (χ1) is 9.32. The van der Waals surface area contributed by atoms with Crippen LogP contribution in [0.5, 0.6) is 0 Å². The zero-order valence-corrected chi connectivity index (χ0v) is 12.0. The van der Waals surface area contributed by atoms with Crippen LogP contribution in [0.25, 0.3) is 11.5 Å². The predicted molar refractivity (Wildman–Crippen MR) is 72.8 cm³/mol. The van der Waals surface area contributed by atoms with Gasteiger partial charge in [-0.15, -0.1) is 0 Å². The molecule has 108 valence electrons. The van der Waals surface area contributed by atoms with E-state index < -0.39 is 13.1 Å². The molecule has 0 aliphatic carbocycles. The first-order valence-corrected chi connectivity index (χ1v) is 8.02. The number of carbonyl (C=O) groups is 1. The minimum Gasteiger partial charge on any atom is -0.446 e. The van der Waals surface area contributed by atoms with Crippen LogP contribution >= 0.6 is 19.4 Å². The highest BCUT2D eigenvalue weighted by Gasteiger charge is 2.27. The molecule has 0 aromatic carbocycles. The van der Waals surface area contributed by atoms with Gasteiger partial charge in [0.15, 0.2) is 11.5 Å². The van der Waals surface area contributed by atoms with Gasteiger partial charge in [-0.25, -0.2) is 0 Å². The number of nitrogen functional groups attached to an aromatic ring is 1. The Bertz CT molecular complexity index is 688. The van der Waals surface area contributed by atoms with Gasteiger partial charge >= 0.3 is 7.60 Å². The van der Waals surface area contributed by atoms with E-state index in [1.54, 1.807) is 6.92 Å². The third kappa shape index (κ3) is 2.96. The van der Waals surface area contributed by atoms with Gasteiger partial charge in [0, 0.05) is 0 Å². The number of aromatic nitrogens is 1. The second kappa shape index (κ2) is 5.45. The lowest BCUT2D eigenvalue weighted by Crippen LogP contribution is -1.99. The first-order valence-electron chi connectivity index (χ1n) is 5.42. The Hall–Kier alpha value is -1.54. The molecule has 2 aromatic rings. The van der Waals surface area contributed by atoms with Crippen molar-refractivity contribution in [3.05, 3.63) is 17.9 Å². The van der Waals surface area contributed by atoms with Gasteiger partial charge in [0.1, 0.15) is 0 Å². The molecule has 2 aromatic heterocycles. The highest BCUT2D eigenvalue weighted by atomic mass is 32.2. The quantitative estimate of drug-likeness (QED) is 0.709. The molecule has 0 fully saturated rings. The SMILES string of the molecule is CCSC(=O)c1oc(N)nc1-c1ccc(P(=O)(O)O)o1. The zero-order chi connectivity index (χ0) is 14.9. The van der Waals surface area contributed by atoms with Crippen LogP contribution in [0.15, 0.2) is 21.0 Å². The van der Waals surface area contributed by atoms with Crippen molar-refractivity contribution in [3.63, 3.8) is 0 Å². The number of furan rings is 1. The molecule has 0 radical (unpaired) electrons. The van der Waals surface area contributed by atoms with Gasteiger partial charge in [-0.05, 0) is 17.9 Å². The van der Waals surface area contributed by atoms with E-state index in [-0.39, 0.29) is 28.3 Å². The summed E-state index contributed by atoms with van der Waals surface area (Å²) in [6.45, 7) is 1.79. The van der Waals surface area contributed by atoms with Crippen LogP contribution in [0, 0.1) is 0 Å². The topological polar surface area (TPSA) is 140 Å². The molecule has 2 rings (SSSR count). The molecule has 10 heteroatoms. The lowest BCUT2D eigenvalue weighted by molar-refractivity contribution is 0.106. The van der Waals surface area contributed by atoms with E-state index in [9.17, 15) is 9.36 Å². The average Bonchev–Trinajstić information content (AvgIpc) is 2.94. The summed E-state index contributed by atoms with van der Waals surface area (Å²) >= 11 is 0.995. The fourth-order valence-electron chi connectivity index (χ4n) is 1.45.